The maximum Gasteiger partial charge on any atom is 0.191 e. The molecule has 1 heterocycles. The molecule has 3 N–H and O–H groups in total. The lowest BCUT2D eigenvalue weighted by Crippen LogP contribution is -2.39. The quantitative estimate of drug-likeness (QED) is 0.305. The standard InChI is InChI=1S/C20H30N4O2.HI/c1-5-21-20(22-12-16-9-10-24(4)14-16)23-13-19(25)17-7-6-8-18(11-17)26-15(2)3;/h6-11,14-15,19,25H,5,12-13H2,1-4H3,(H2,21,22,23);1H. The molecule has 0 aliphatic rings. The van der Waals surface area contributed by atoms with Crippen molar-refractivity contribution in [3.05, 3.63) is 53.9 Å². The normalized spacial score (nSPS) is 12.4. The molecule has 6 nitrogen and oxygen atoms in total. The van der Waals surface area contributed by atoms with Crippen LogP contribution in [0.25, 0.3) is 0 Å². The van der Waals surface area contributed by atoms with Crippen molar-refractivity contribution in [2.75, 3.05) is 13.1 Å². The van der Waals surface area contributed by atoms with Crippen LogP contribution < -0.4 is 15.4 Å². The minimum atomic E-state index is -0.647. The molecule has 0 amide bonds. The Bertz CT molecular complexity index is 716. The highest BCUT2D eigenvalue weighted by atomic mass is 127. The van der Waals surface area contributed by atoms with E-state index in [2.05, 4.69) is 15.6 Å². The highest BCUT2D eigenvalue weighted by molar-refractivity contribution is 14.0. The molecular weight excluding hydrogens is 455 g/mol. The molecule has 0 aliphatic heterocycles. The summed E-state index contributed by atoms with van der Waals surface area (Å²) in [5, 5.41) is 16.9. The number of halogens is 1. The van der Waals surface area contributed by atoms with Gasteiger partial charge in [0.1, 0.15) is 5.75 Å². The van der Waals surface area contributed by atoms with Gasteiger partial charge in [-0.2, -0.15) is 0 Å². The van der Waals surface area contributed by atoms with Crippen LogP contribution in [0.3, 0.4) is 0 Å². The number of ether oxygens (including phenoxy) is 1. The highest BCUT2D eigenvalue weighted by Gasteiger charge is 2.10. The molecule has 1 aromatic carbocycles. The summed E-state index contributed by atoms with van der Waals surface area (Å²) >= 11 is 0. The SMILES string of the molecule is CCNC(=NCc1ccn(C)c1)NCC(O)c1cccc(OC(C)C)c1.I. The molecule has 1 atom stereocenters. The van der Waals surface area contributed by atoms with Crippen molar-refractivity contribution in [2.45, 2.75) is 39.5 Å². The smallest absolute Gasteiger partial charge is 0.191 e. The number of nitrogens with zero attached hydrogens (tertiary/aromatic N) is 2. The van der Waals surface area contributed by atoms with Crippen LogP contribution in [0.5, 0.6) is 5.75 Å². The van der Waals surface area contributed by atoms with Gasteiger partial charge in [0.25, 0.3) is 0 Å². The van der Waals surface area contributed by atoms with Gasteiger partial charge in [0, 0.05) is 32.5 Å². The first-order valence-corrected chi connectivity index (χ1v) is 9.05. The number of aliphatic imine (C=N–C) groups is 1. The molecule has 2 aromatic rings. The molecule has 150 valence electrons. The summed E-state index contributed by atoms with van der Waals surface area (Å²) in [7, 11) is 1.99. The number of aliphatic hydroxyl groups is 1. The highest BCUT2D eigenvalue weighted by Crippen LogP contribution is 2.19. The fraction of sp³-hybridized carbons (Fsp3) is 0.450. The molecule has 0 aliphatic carbocycles. The molecule has 1 aromatic heterocycles. The Hall–Kier alpha value is -1.74. The first-order chi connectivity index (χ1) is 12.5. The summed E-state index contributed by atoms with van der Waals surface area (Å²) in [5.74, 6) is 1.45. The summed E-state index contributed by atoms with van der Waals surface area (Å²) in [6.45, 7) is 7.69. The number of guanidine groups is 1. The van der Waals surface area contributed by atoms with Crippen molar-refractivity contribution in [1.29, 1.82) is 0 Å². The Labute approximate surface area is 179 Å². The lowest BCUT2D eigenvalue weighted by Gasteiger charge is -2.17. The maximum absolute atomic E-state index is 10.5. The molecule has 0 saturated heterocycles. The molecule has 0 bridgehead atoms. The number of aromatic nitrogens is 1. The van der Waals surface area contributed by atoms with Crippen molar-refractivity contribution in [3.8, 4) is 5.75 Å². The number of rotatable bonds is 8. The minimum absolute atomic E-state index is 0. The van der Waals surface area contributed by atoms with E-state index in [1.807, 2.05) is 75.1 Å². The van der Waals surface area contributed by atoms with Gasteiger partial charge in [0.05, 0.1) is 18.8 Å². The van der Waals surface area contributed by atoms with Gasteiger partial charge in [-0.3, -0.25) is 0 Å². The van der Waals surface area contributed by atoms with E-state index < -0.39 is 6.10 Å². The van der Waals surface area contributed by atoms with Gasteiger partial charge in [-0.15, -0.1) is 24.0 Å². The summed E-state index contributed by atoms with van der Waals surface area (Å²) in [6, 6.07) is 9.61. The third-order valence-corrected chi connectivity index (χ3v) is 3.73. The summed E-state index contributed by atoms with van der Waals surface area (Å²) in [6.07, 6.45) is 3.50. The second-order valence-corrected chi connectivity index (χ2v) is 6.52. The summed E-state index contributed by atoms with van der Waals surface area (Å²) in [4.78, 5) is 4.56. The molecule has 0 radical (unpaired) electrons. The zero-order valence-corrected chi connectivity index (χ0v) is 18.8. The van der Waals surface area contributed by atoms with Crippen LogP contribution in [-0.2, 0) is 13.6 Å². The van der Waals surface area contributed by atoms with E-state index >= 15 is 0 Å². The Morgan fingerprint density at radius 3 is 2.67 bits per heavy atom. The number of aryl methyl sites for hydroxylation is 1. The summed E-state index contributed by atoms with van der Waals surface area (Å²) < 4.78 is 7.69. The van der Waals surface area contributed by atoms with Crippen LogP contribution in [0.4, 0.5) is 0 Å². The lowest BCUT2D eigenvalue weighted by molar-refractivity contribution is 0.179. The van der Waals surface area contributed by atoms with Gasteiger partial charge < -0.3 is 25.0 Å². The minimum Gasteiger partial charge on any atom is -0.491 e. The second kappa shape index (κ2) is 11.9. The predicted octanol–water partition coefficient (Wildman–Crippen LogP) is 3.22. The molecule has 1 unspecified atom stereocenters. The van der Waals surface area contributed by atoms with E-state index in [-0.39, 0.29) is 30.1 Å². The summed E-state index contributed by atoms with van der Waals surface area (Å²) in [5.41, 5.74) is 1.96. The molecule has 7 heteroatoms. The van der Waals surface area contributed by atoms with E-state index in [1.165, 1.54) is 0 Å². The number of benzene rings is 1. The Morgan fingerprint density at radius 1 is 1.26 bits per heavy atom. The van der Waals surface area contributed by atoms with Crippen molar-refractivity contribution in [2.24, 2.45) is 12.0 Å². The maximum atomic E-state index is 10.5. The number of hydrogen-bond donors (Lipinski definition) is 3. The molecule has 0 saturated carbocycles. The third-order valence-electron chi connectivity index (χ3n) is 3.73. The van der Waals surface area contributed by atoms with Crippen LogP contribution in [-0.4, -0.2) is 34.8 Å². The van der Waals surface area contributed by atoms with Gasteiger partial charge in [0.2, 0.25) is 0 Å². The third kappa shape index (κ3) is 8.21. The monoisotopic (exact) mass is 486 g/mol. The van der Waals surface area contributed by atoms with E-state index in [4.69, 9.17) is 4.74 Å². The second-order valence-electron chi connectivity index (χ2n) is 6.52. The Kier molecular flexibility index (Phi) is 10.2. The van der Waals surface area contributed by atoms with E-state index in [9.17, 15) is 5.11 Å². The van der Waals surface area contributed by atoms with Crippen LogP contribution in [0.15, 0.2) is 47.7 Å². The number of aliphatic hydroxyl groups excluding tert-OH is 1. The molecule has 0 fully saturated rings. The van der Waals surface area contributed by atoms with E-state index in [1.54, 1.807) is 0 Å². The van der Waals surface area contributed by atoms with Gasteiger partial charge in [0.15, 0.2) is 5.96 Å². The molecule has 2 rings (SSSR count). The van der Waals surface area contributed by atoms with Crippen molar-refractivity contribution < 1.29 is 9.84 Å². The first kappa shape index (κ1) is 23.3. The Morgan fingerprint density at radius 2 is 2.04 bits per heavy atom. The van der Waals surface area contributed by atoms with Gasteiger partial charge in [-0.25, -0.2) is 4.99 Å². The van der Waals surface area contributed by atoms with Crippen LogP contribution >= 0.6 is 24.0 Å². The molecule has 27 heavy (non-hydrogen) atoms. The van der Waals surface area contributed by atoms with Gasteiger partial charge in [-0.05, 0) is 50.1 Å². The Balaban J connectivity index is 0.00000364. The zero-order valence-electron chi connectivity index (χ0n) is 16.5. The van der Waals surface area contributed by atoms with Crippen molar-refractivity contribution in [1.82, 2.24) is 15.2 Å². The van der Waals surface area contributed by atoms with Gasteiger partial charge >= 0.3 is 0 Å². The average Bonchev–Trinajstić information content (AvgIpc) is 3.02. The topological polar surface area (TPSA) is 70.8 Å². The van der Waals surface area contributed by atoms with Gasteiger partial charge in [-0.1, -0.05) is 12.1 Å². The lowest BCUT2D eigenvalue weighted by atomic mass is 10.1. The molecular formula is C20H31IN4O2. The van der Waals surface area contributed by atoms with Crippen LogP contribution in [0.2, 0.25) is 0 Å². The number of hydrogen-bond acceptors (Lipinski definition) is 3. The first-order valence-electron chi connectivity index (χ1n) is 9.05. The van der Waals surface area contributed by atoms with Crippen LogP contribution in [0.1, 0.15) is 38.0 Å². The average molecular weight is 486 g/mol. The van der Waals surface area contributed by atoms with Crippen LogP contribution in [0, 0.1) is 0 Å². The largest absolute Gasteiger partial charge is 0.491 e. The van der Waals surface area contributed by atoms with Crippen molar-refractivity contribution in [3.63, 3.8) is 0 Å². The predicted molar refractivity (Wildman–Crippen MR) is 121 cm³/mol. The van der Waals surface area contributed by atoms with E-state index in [0.717, 1.165) is 23.4 Å². The van der Waals surface area contributed by atoms with Crippen molar-refractivity contribution >= 4 is 29.9 Å². The van der Waals surface area contributed by atoms with E-state index in [0.29, 0.717) is 19.0 Å². The fourth-order valence-electron chi connectivity index (χ4n) is 2.55. The molecule has 0 spiro atoms. The zero-order chi connectivity index (χ0) is 18.9. The number of nitrogens with one attached hydrogen (secondary N) is 2. The fourth-order valence-corrected chi connectivity index (χ4v) is 2.55.